The van der Waals surface area contributed by atoms with Gasteiger partial charge in [-0.25, -0.2) is 4.63 Å². The highest BCUT2D eigenvalue weighted by Crippen LogP contribution is 2.17. The Morgan fingerprint density at radius 2 is 2.27 bits per heavy atom. The van der Waals surface area contributed by atoms with Gasteiger partial charge in [-0.1, -0.05) is 10.3 Å². The minimum atomic E-state index is 0.576. The Morgan fingerprint density at radius 1 is 1.36 bits per heavy atom. The standard InChI is InChI=1S/C6H7N3O2/c10-7-4-2-1-3-5-6(4)9-11-8-5/h10H,1-3H2/b7-4+. The van der Waals surface area contributed by atoms with Gasteiger partial charge in [0.1, 0.15) is 11.4 Å². The zero-order valence-corrected chi connectivity index (χ0v) is 5.82. The molecule has 0 radical (unpaired) electrons. The van der Waals surface area contributed by atoms with Gasteiger partial charge in [-0.3, -0.25) is 0 Å². The molecule has 0 amide bonds. The third-order valence-electron chi connectivity index (χ3n) is 1.78. The van der Waals surface area contributed by atoms with E-state index >= 15 is 0 Å². The van der Waals surface area contributed by atoms with Crippen molar-refractivity contribution in [1.82, 2.24) is 10.3 Å². The lowest BCUT2D eigenvalue weighted by Crippen LogP contribution is -2.11. The first-order valence-electron chi connectivity index (χ1n) is 3.44. The van der Waals surface area contributed by atoms with Crippen LogP contribution in [0.25, 0.3) is 0 Å². The van der Waals surface area contributed by atoms with E-state index in [0.29, 0.717) is 11.4 Å². The lowest BCUT2D eigenvalue weighted by Gasteiger charge is -2.06. The van der Waals surface area contributed by atoms with Crippen molar-refractivity contribution in [1.29, 1.82) is 0 Å². The van der Waals surface area contributed by atoms with Crippen LogP contribution in [0.15, 0.2) is 9.78 Å². The Hall–Kier alpha value is -1.39. The van der Waals surface area contributed by atoms with Crippen LogP contribution in [0, 0.1) is 0 Å². The van der Waals surface area contributed by atoms with E-state index in [1.165, 1.54) is 0 Å². The maximum absolute atomic E-state index is 8.53. The maximum Gasteiger partial charge on any atom is 0.155 e. The first-order chi connectivity index (χ1) is 5.42. The van der Waals surface area contributed by atoms with Gasteiger partial charge >= 0.3 is 0 Å². The van der Waals surface area contributed by atoms with Crippen molar-refractivity contribution in [2.75, 3.05) is 0 Å². The predicted octanol–water partition coefficient (Wildman–Crippen LogP) is 0.584. The molecule has 1 aliphatic rings. The fourth-order valence-corrected chi connectivity index (χ4v) is 1.23. The van der Waals surface area contributed by atoms with Gasteiger partial charge in [-0.2, -0.15) is 0 Å². The van der Waals surface area contributed by atoms with E-state index in [4.69, 9.17) is 5.21 Å². The lowest BCUT2D eigenvalue weighted by molar-refractivity contribution is 0.301. The number of nitrogens with zero attached hydrogens (tertiary/aromatic N) is 3. The molecule has 1 aliphatic carbocycles. The van der Waals surface area contributed by atoms with Crippen molar-refractivity contribution in [2.24, 2.45) is 5.16 Å². The third kappa shape index (κ3) is 0.886. The van der Waals surface area contributed by atoms with Gasteiger partial charge < -0.3 is 5.21 Å². The Labute approximate surface area is 62.7 Å². The van der Waals surface area contributed by atoms with E-state index in [2.05, 4.69) is 20.1 Å². The van der Waals surface area contributed by atoms with E-state index in [-0.39, 0.29) is 0 Å². The molecule has 0 spiro atoms. The number of hydrogen-bond acceptors (Lipinski definition) is 5. The Balaban J connectivity index is 2.48. The number of hydrogen-bond donors (Lipinski definition) is 1. The summed E-state index contributed by atoms with van der Waals surface area (Å²) in [6.07, 6.45) is 2.55. The molecule has 0 saturated heterocycles. The van der Waals surface area contributed by atoms with Gasteiger partial charge in [0.2, 0.25) is 0 Å². The maximum atomic E-state index is 8.53. The normalized spacial score (nSPS) is 20.2. The SMILES string of the molecule is O/N=C1\CCCc2nonc21. The lowest BCUT2D eigenvalue weighted by atomic mass is 9.99. The van der Waals surface area contributed by atoms with E-state index in [0.717, 1.165) is 25.0 Å². The van der Waals surface area contributed by atoms with Crippen LogP contribution in [0.2, 0.25) is 0 Å². The molecule has 1 aromatic rings. The fourth-order valence-electron chi connectivity index (χ4n) is 1.23. The largest absolute Gasteiger partial charge is 0.411 e. The topological polar surface area (TPSA) is 71.5 Å². The van der Waals surface area contributed by atoms with Crippen LogP contribution >= 0.6 is 0 Å². The average Bonchev–Trinajstić information content (AvgIpc) is 2.50. The molecule has 0 aliphatic heterocycles. The van der Waals surface area contributed by atoms with Crippen molar-refractivity contribution in [3.63, 3.8) is 0 Å². The highest BCUT2D eigenvalue weighted by molar-refractivity contribution is 5.99. The molecule has 11 heavy (non-hydrogen) atoms. The van der Waals surface area contributed by atoms with E-state index in [1.807, 2.05) is 0 Å². The summed E-state index contributed by atoms with van der Waals surface area (Å²) in [4.78, 5) is 0. The molecule has 1 heterocycles. The molecule has 0 aromatic carbocycles. The minimum Gasteiger partial charge on any atom is -0.411 e. The summed E-state index contributed by atoms with van der Waals surface area (Å²) in [5.41, 5.74) is 1.98. The van der Waals surface area contributed by atoms with Gasteiger partial charge in [-0.15, -0.1) is 0 Å². The monoisotopic (exact) mass is 153 g/mol. The second kappa shape index (κ2) is 2.34. The Morgan fingerprint density at radius 3 is 3.09 bits per heavy atom. The molecule has 58 valence electrons. The molecular weight excluding hydrogens is 146 g/mol. The molecule has 5 nitrogen and oxygen atoms in total. The van der Waals surface area contributed by atoms with Crippen LogP contribution in [0.3, 0.4) is 0 Å². The zero-order valence-electron chi connectivity index (χ0n) is 5.82. The Kier molecular flexibility index (Phi) is 1.34. The molecule has 2 rings (SSSR count). The van der Waals surface area contributed by atoms with Gasteiger partial charge in [-0.05, 0) is 24.4 Å². The van der Waals surface area contributed by atoms with E-state index in [9.17, 15) is 0 Å². The number of oxime groups is 1. The van der Waals surface area contributed by atoms with E-state index < -0.39 is 0 Å². The van der Waals surface area contributed by atoms with Crippen molar-refractivity contribution >= 4 is 5.71 Å². The van der Waals surface area contributed by atoms with Crippen LogP contribution < -0.4 is 0 Å². The minimum absolute atomic E-state index is 0.576. The molecule has 1 N–H and O–H groups in total. The fraction of sp³-hybridized carbons (Fsp3) is 0.500. The second-order valence-electron chi connectivity index (χ2n) is 2.46. The number of fused-ring (bicyclic) bond motifs is 1. The molecule has 1 aromatic heterocycles. The zero-order chi connectivity index (χ0) is 7.68. The smallest absolute Gasteiger partial charge is 0.155 e. The summed E-state index contributed by atoms with van der Waals surface area (Å²) in [7, 11) is 0. The molecule has 0 fully saturated rings. The summed E-state index contributed by atoms with van der Waals surface area (Å²) >= 11 is 0. The summed E-state index contributed by atoms with van der Waals surface area (Å²) < 4.78 is 4.51. The first-order valence-corrected chi connectivity index (χ1v) is 3.44. The van der Waals surface area contributed by atoms with E-state index in [1.54, 1.807) is 0 Å². The van der Waals surface area contributed by atoms with Crippen molar-refractivity contribution in [3.05, 3.63) is 11.4 Å². The highest BCUT2D eigenvalue weighted by atomic mass is 16.6. The number of aryl methyl sites for hydroxylation is 1. The quantitative estimate of drug-likeness (QED) is 0.437. The summed E-state index contributed by atoms with van der Waals surface area (Å²) in [5.74, 6) is 0. The van der Waals surface area contributed by atoms with Crippen LogP contribution in [0.4, 0.5) is 0 Å². The first kappa shape index (κ1) is 6.33. The molecule has 0 atom stereocenters. The van der Waals surface area contributed by atoms with Gasteiger partial charge in [0, 0.05) is 0 Å². The van der Waals surface area contributed by atoms with Gasteiger partial charge in [0.05, 0.1) is 0 Å². The highest BCUT2D eigenvalue weighted by Gasteiger charge is 2.21. The Bertz CT molecular complexity index is 292. The summed E-state index contributed by atoms with van der Waals surface area (Å²) in [6, 6.07) is 0. The van der Waals surface area contributed by atoms with Gasteiger partial charge in [0.25, 0.3) is 0 Å². The molecule has 0 saturated carbocycles. The molecular formula is C6H7N3O2. The van der Waals surface area contributed by atoms with Crippen molar-refractivity contribution in [3.8, 4) is 0 Å². The van der Waals surface area contributed by atoms with Crippen molar-refractivity contribution in [2.45, 2.75) is 19.3 Å². The molecule has 5 heteroatoms. The molecule has 0 bridgehead atoms. The molecule has 0 unspecified atom stereocenters. The van der Waals surface area contributed by atoms with Crippen LogP contribution in [0.5, 0.6) is 0 Å². The third-order valence-corrected chi connectivity index (χ3v) is 1.78. The van der Waals surface area contributed by atoms with Crippen molar-refractivity contribution < 1.29 is 9.84 Å². The van der Waals surface area contributed by atoms with Gasteiger partial charge in [0.15, 0.2) is 5.69 Å². The van der Waals surface area contributed by atoms with Crippen LogP contribution in [-0.4, -0.2) is 21.2 Å². The summed E-state index contributed by atoms with van der Waals surface area (Å²) in [6.45, 7) is 0. The number of aromatic nitrogens is 2. The van der Waals surface area contributed by atoms with Crippen LogP contribution in [-0.2, 0) is 6.42 Å². The average molecular weight is 153 g/mol. The van der Waals surface area contributed by atoms with Crippen LogP contribution in [0.1, 0.15) is 24.2 Å². The summed E-state index contributed by atoms with van der Waals surface area (Å²) in [5, 5.41) is 19.0. The predicted molar refractivity (Wildman–Crippen MR) is 35.6 cm³/mol. The number of rotatable bonds is 0. The second-order valence-corrected chi connectivity index (χ2v) is 2.46.